The maximum absolute atomic E-state index is 12.4. The Kier molecular flexibility index (Phi) is 7.34. The van der Waals surface area contributed by atoms with Crippen LogP contribution in [0.15, 0.2) is 0 Å². The van der Waals surface area contributed by atoms with Crippen molar-refractivity contribution in [1.82, 2.24) is 14.7 Å². The fourth-order valence-electron chi connectivity index (χ4n) is 3.40. The van der Waals surface area contributed by atoms with Crippen molar-refractivity contribution in [3.05, 3.63) is 0 Å². The van der Waals surface area contributed by atoms with Gasteiger partial charge < -0.3 is 9.80 Å². The third-order valence-corrected chi connectivity index (χ3v) is 5.54. The first-order chi connectivity index (χ1) is 10.2. The number of amides is 1. The van der Waals surface area contributed by atoms with Crippen LogP contribution in [-0.4, -0.2) is 85.0 Å². The second-order valence-corrected chi connectivity index (χ2v) is 7.37. The molecule has 21 heavy (non-hydrogen) atoms. The first-order valence-electron chi connectivity index (χ1n) is 8.40. The minimum Gasteiger partial charge on any atom is -0.340 e. The van der Waals surface area contributed by atoms with Crippen LogP contribution in [0, 0.1) is 0 Å². The van der Waals surface area contributed by atoms with Crippen LogP contribution in [-0.2, 0) is 4.79 Å². The number of nitrogens with zero attached hydrogens (tertiary/aromatic N) is 3. The normalized spacial score (nSPS) is 25.2. The number of rotatable bonds is 6. The van der Waals surface area contributed by atoms with Gasteiger partial charge in [0, 0.05) is 50.9 Å². The zero-order chi connectivity index (χ0) is 15.1. The van der Waals surface area contributed by atoms with Crippen LogP contribution in [0.1, 0.15) is 32.1 Å². The van der Waals surface area contributed by atoms with Gasteiger partial charge in [0.1, 0.15) is 0 Å². The number of carbonyl (C=O) groups is 1. The topological polar surface area (TPSA) is 26.8 Å². The predicted octanol–water partition coefficient (Wildman–Crippen LogP) is 1.76. The summed E-state index contributed by atoms with van der Waals surface area (Å²) in [5.41, 5.74) is 0. The summed E-state index contributed by atoms with van der Waals surface area (Å²) < 4.78 is 0. The van der Waals surface area contributed by atoms with Crippen molar-refractivity contribution in [2.75, 3.05) is 58.3 Å². The molecule has 0 N–H and O–H groups in total. The Labute approximate surface area is 134 Å². The van der Waals surface area contributed by atoms with Gasteiger partial charge in [0.25, 0.3) is 0 Å². The van der Waals surface area contributed by atoms with Gasteiger partial charge in [-0.3, -0.25) is 9.69 Å². The molecular weight excluding hydrogens is 282 g/mol. The molecule has 4 nitrogen and oxygen atoms in total. The van der Waals surface area contributed by atoms with Crippen molar-refractivity contribution in [1.29, 1.82) is 0 Å². The molecule has 2 aliphatic heterocycles. The summed E-state index contributed by atoms with van der Waals surface area (Å²) in [7, 11) is 2.21. The van der Waals surface area contributed by atoms with Crippen LogP contribution in [0.4, 0.5) is 0 Å². The van der Waals surface area contributed by atoms with Crippen molar-refractivity contribution < 1.29 is 4.79 Å². The molecule has 0 saturated carbocycles. The molecule has 5 heteroatoms. The van der Waals surface area contributed by atoms with Gasteiger partial charge in [-0.15, -0.1) is 0 Å². The number of thioether (sulfide) groups is 1. The van der Waals surface area contributed by atoms with Crippen molar-refractivity contribution in [2.24, 2.45) is 0 Å². The summed E-state index contributed by atoms with van der Waals surface area (Å²) >= 11 is 1.90. The third kappa shape index (κ3) is 5.46. The quantitative estimate of drug-likeness (QED) is 0.746. The maximum atomic E-state index is 12.4. The maximum Gasteiger partial charge on any atom is 0.222 e. The monoisotopic (exact) mass is 313 g/mol. The smallest absolute Gasteiger partial charge is 0.222 e. The molecule has 0 aromatic rings. The van der Waals surface area contributed by atoms with E-state index >= 15 is 0 Å². The molecule has 2 aliphatic rings. The Bertz CT molecular complexity index is 319. The molecule has 2 fully saturated rings. The van der Waals surface area contributed by atoms with Crippen LogP contribution < -0.4 is 0 Å². The highest BCUT2D eigenvalue weighted by Gasteiger charge is 2.23. The number of hydrogen-bond donors (Lipinski definition) is 0. The second-order valence-electron chi connectivity index (χ2n) is 6.38. The first-order valence-corrected chi connectivity index (χ1v) is 9.79. The van der Waals surface area contributed by atoms with E-state index < -0.39 is 0 Å². The van der Waals surface area contributed by atoms with E-state index in [2.05, 4.69) is 28.0 Å². The lowest BCUT2D eigenvalue weighted by Gasteiger charge is -2.36. The molecule has 0 bridgehead atoms. The van der Waals surface area contributed by atoms with Crippen molar-refractivity contribution in [3.63, 3.8) is 0 Å². The molecule has 0 aromatic heterocycles. The highest BCUT2D eigenvalue weighted by Crippen LogP contribution is 2.19. The lowest BCUT2D eigenvalue weighted by molar-refractivity contribution is -0.133. The van der Waals surface area contributed by atoms with Gasteiger partial charge >= 0.3 is 0 Å². The van der Waals surface area contributed by atoms with Crippen LogP contribution >= 0.6 is 11.8 Å². The average molecular weight is 314 g/mol. The van der Waals surface area contributed by atoms with Gasteiger partial charge in [-0.2, -0.15) is 11.8 Å². The number of likely N-dealkylation sites (tertiary alicyclic amines) is 1. The molecule has 122 valence electrons. The fourth-order valence-corrected chi connectivity index (χ4v) is 3.84. The van der Waals surface area contributed by atoms with Crippen molar-refractivity contribution in [3.8, 4) is 0 Å². The summed E-state index contributed by atoms with van der Waals surface area (Å²) in [6.07, 6.45) is 7.85. The van der Waals surface area contributed by atoms with Crippen molar-refractivity contribution >= 4 is 17.7 Å². The summed E-state index contributed by atoms with van der Waals surface area (Å²) in [4.78, 5) is 19.4. The SMILES string of the molecule is CSCCN1CCN(C(=O)CCC2CCCCN2C)CC1. The number of carbonyl (C=O) groups excluding carboxylic acids is 1. The lowest BCUT2D eigenvalue weighted by Crippen LogP contribution is -2.49. The summed E-state index contributed by atoms with van der Waals surface area (Å²) in [5.74, 6) is 1.57. The summed E-state index contributed by atoms with van der Waals surface area (Å²) in [5, 5.41) is 0. The minimum atomic E-state index is 0.374. The Hall–Kier alpha value is -0.260. The zero-order valence-electron chi connectivity index (χ0n) is 13.7. The van der Waals surface area contributed by atoms with Gasteiger partial charge in [-0.1, -0.05) is 6.42 Å². The number of hydrogen-bond acceptors (Lipinski definition) is 4. The zero-order valence-corrected chi connectivity index (χ0v) is 14.5. The Morgan fingerprint density at radius 2 is 1.90 bits per heavy atom. The molecule has 2 heterocycles. The molecule has 0 spiro atoms. The molecule has 0 aromatic carbocycles. The van der Waals surface area contributed by atoms with Crippen LogP contribution in [0.25, 0.3) is 0 Å². The van der Waals surface area contributed by atoms with Crippen LogP contribution in [0.2, 0.25) is 0 Å². The van der Waals surface area contributed by atoms with E-state index in [-0.39, 0.29) is 0 Å². The van der Waals surface area contributed by atoms with Gasteiger partial charge in [-0.05, 0) is 39.1 Å². The number of piperazine rings is 1. The van der Waals surface area contributed by atoms with E-state index in [1.54, 1.807) is 0 Å². The number of piperidine rings is 1. The van der Waals surface area contributed by atoms with E-state index in [4.69, 9.17) is 0 Å². The largest absolute Gasteiger partial charge is 0.340 e. The second kappa shape index (κ2) is 9.01. The molecule has 2 saturated heterocycles. The molecule has 0 radical (unpaired) electrons. The minimum absolute atomic E-state index is 0.374. The van der Waals surface area contributed by atoms with Gasteiger partial charge in [-0.25, -0.2) is 0 Å². The Balaban J connectivity index is 1.65. The molecule has 2 rings (SSSR count). The first kappa shape index (κ1) is 17.1. The Morgan fingerprint density at radius 3 is 2.57 bits per heavy atom. The lowest BCUT2D eigenvalue weighted by atomic mass is 9.98. The highest BCUT2D eigenvalue weighted by molar-refractivity contribution is 7.98. The standard InChI is InChI=1S/C16H31N3OS/c1-17-8-4-3-5-15(17)6-7-16(20)19-11-9-18(10-12-19)13-14-21-2/h15H,3-14H2,1-2H3. The van der Waals surface area contributed by atoms with Gasteiger partial charge in [0.15, 0.2) is 0 Å². The van der Waals surface area contributed by atoms with E-state index in [0.29, 0.717) is 11.9 Å². The van der Waals surface area contributed by atoms with Gasteiger partial charge in [0.2, 0.25) is 5.91 Å². The molecule has 1 unspecified atom stereocenters. The predicted molar refractivity (Wildman–Crippen MR) is 90.9 cm³/mol. The third-order valence-electron chi connectivity index (χ3n) is 4.95. The van der Waals surface area contributed by atoms with Crippen LogP contribution in [0.5, 0.6) is 0 Å². The highest BCUT2D eigenvalue weighted by atomic mass is 32.2. The molecular formula is C16H31N3OS. The van der Waals surface area contributed by atoms with Crippen LogP contribution in [0.3, 0.4) is 0 Å². The molecule has 1 amide bonds. The van der Waals surface area contributed by atoms with Crippen molar-refractivity contribution in [2.45, 2.75) is 38.1 Å². The fraction of sp³-hybridized carbons (Fsp3) is 0.938. The Morgan fingerprint density at radius 1 is 1.14 bits per heavy atom. The van der Waals surface area contributed by atoms with E-state index in [9.17, 15) is 4.79 Å². The van der Waals surface area contributed by atoms with E-state index in [0.717, 1.165) is 45.6 Å². The van der Waals surface area contributed by atoms with E-state index in [1.807, 2.05) is 11.8 Å². The summed E-state index contributed by atoms with van der Waals surface area (Å²) in [6, 6.07) is 0.630. The van der Waals surface area contributed by atoms with E-state index in [1.165, 1.54) is 31.6 Å². The van der Waals surface area contributed by atoms with Gasteiger partial charge in [0.05, 0.1) is 0 Å². The molecule has 0 aliphatic carbocycles. The summed E-state index contributed by atoms with van der Waals surface area (Å²) in [6.45, 7) is 6.32. The molecule has 1 atom stereocenters. The average Bonchev–Trinajstić information content (AvgIpc) is 2.52.